The lowest BCUT2D eigenvalue weighted by atomic mass is 10.1. The smallest absolute Gasteiger partial charge is 0.319 e. The first-order chi connectivity index (χ1) is 12.0. The summed E-state index contributed by atoms with van der Waals surface area (Å²) in [6.07, 6.45) is 0. The number of urea groups is 1. The number of carbonyl (C=O) groups excluding carboxylic acids is 2. The molecule has 0 aliphatic carbocycles. The lowest BCUT2D eigenvalue weighted by Crippen LogP contribution is -2.28. The molecule has 0 bridgehead atoms. The van der Waals surface area contributed by atoms with E-state index in [9.17, 15) is 9.59 Å². The van der Waals surface area contributed by atoms with Gasteiger partial charge in [0.25, 0.3) is 5.91 Å². The van der Waals surface area contributed by atoms with E-state index in [0.29, 0.717) is 24.3 Å². The monoisotopic (exact) mass is 341 g/mol. The highest BCUT2D eigenvalue weighted by molar-refractivity contribution is 5.96. The minimum absolute atomic E-state index is 0.125. The molecule has 2 rings (SSSR count). The van der Waals surface area contributed by atoms with Crippen LogP contribution in [0.4, 0.5) is 10.5 Å². The molecule has 2 aromatic rings. The summed E-state index contributed by atoms with van der Waals surface area (Å²) in [6.45, 7) is 4.68. The van der Waals surface area contributed by atoms with Crippen molar-refractivity contribution >= 4 is 17.6 Å². The van der Waals surface area contributed by atoms with Crippen LogP contribution in [0.15, 0.2) is 42.5 Å². The minimum Gasteiger partial charge on any atom is -0.497 e. The molecular weight excluding hydrogens is 318 g/mol. The molecule has 3 amide bonds. The summed E-state index contributed by atoms with van der Waals surface area (Å²) in [6, 6.07) is 12.4. The highest BCUT2D eigenvalue weighted by atomic mass is 16.5. The number of ether oxygens (including phenoxy) is 1. The third kappa shape index (κ3) is 5.24. The summed E-state index contributed by atoms with van der Waals surface area (Å²) in [4.78, 5) is 23.9. The van der Waals surface area contributed by atoms with E-state index in [1.165, 1.54) is 0 Å². The SMILES string of the molecule is CCNC(=O)c1ccc(NC(=O)NCc2cccc(OC)c2)c(C)c1. The molecule has 0 aromatic heterocycles. The molecule has 0 heterocycles. The van der Waals surface area contributed by atoms with Crippen LogP contribution in [0.3, 0.4) is 0 Å². The molecule has 0 fully saturated rings. The zero-order valence-corrected chi connectivity index (χ0v) is 14.7. The largest absolute Gasteiger partial charge is 0.497 e. The maximum atomic E-state index is 12.1. The third-order valence-electron chi connectivity index (χ3n) is 3.66. The normalized spacial score (nSPS) is 10.0. The molecule has 0 saturated heterocycles. The number of rotatable bonds is 6. The van der Waals surface area contributed by atoms with Gasteiger partial charge in [0.1, 0.15) is 5.75 Å². The standard InChI is InChI=1S/C19H23N3O3/c1-4-20-18(23)15-8-9-17(13(2)10-15)22-19(24)21-12-14-6-5-7-16(11-14)25-3/h5-11H,4,12H2,1-3H3,(H,20,23)(H2,21,22,24). The van der Waals surface area contributed by atoms with Crippen LogP contribution in [0.5, 0.6) is 5.75 Å². The molecule has 0 radical (unpaired) electrons. The van der Waals surface area contributed by atoms with E-state index in [-0.39, 0.29) is 11.9 Å². The first-order valence-corrected chi connectivity index (χ1v) is 8.10. The number of hydrogen-bond acceptors (Lipinski definition) is 3. The Bertz CT molecular complexity index is 759. The quantitative estimate of drug-likeness (QED) is 0.755. The second-order valence-electron chi connectivity index (χ2n) is 5.55. The van der Waals surface area contributed by atoms with Gasteiger partial charge in [-0.05, 0) is 55.3 Å². The number of aryl methyl sites for hydroxylation is 1. The van der Waals surface area contributed by atoms with Crippen molar-refractivity contribution in [3.8, 4) is 5.75 Å². The van der Waals surface area contributed by atoms with Crippen LogP contribution in [0.1, 0.15) is 28.4 Å². The van der Waals surface area contributed by atoms with Gasteiger partial charge in [0.2, 0.25) is 0 Å². The molecule has 0 aliphatic heterocycles. The Hall–Kier alpha value is -3.02. The number of hydrogen-bond donors (Lipinski definition) is 3. The highest BCUT2D eigenvalue weighted by Gasteiger charge is 2.09. The molecule has 0 unspecified atom stereocenters. The maximum absolute atomic E-state index is 12.1. The van der Waals surface area contributed by atoms with Crippen molar-refractivity contribution in [2.45, 2.75) is 20.4 Å². The van der Waals surface area contributed by atoms with Crippen molar-refractivity contribution in [1.82, 2.24) is 10.6 Å². The molecule has 25 heavy (non-hydrogen) atoms. The highest BCUT2D eigenvalue weighted by Crippen LogP contribution is 2.17. The number of anilines is 1. The van der Waals surface area contributed by atoms with E-state index in [2.05, 4.69) is 16.0 Å². The number of methoxy groups -OCH3 is 1. The molecule has 0 aliphatic rings. The minimum atomic E-state index is -0.309. The predicted octanol–water partition coefficient (Wildman–Crippen LogP) is 3.08. The van der Waals surface area contributed by atoms with Gasteiger partial charge in [-0.25, -0.2) is 4.79 Å². The second-order valence-corrected chi connectivity index (χ2v) is 5.55. The van der Waals surface area contributed by atoms with Gasteiger partial charge in [0, 0.05) is 24.3 Å². The van der Waals surface area contributed by atoms with Gasteiger partial charge in [0.05, 0.1) is 7.11 Å². The summed E-state index contributed by atoms with van der Waals surface area (Å²) < 4.78 is 5.16. The zero-order valence-electron chi connectivity index (χ0n) is 14.7. The van der Waals surface area contributed by atoms with Crippen molar-refractivity contribution < 1.29 is 14.3 Å². The number of benzene rings is 2. The van der Waals surface area contributed by atoms with Gasteiger partial charge in [-0.2, -0.15) is 0 Å². The molecule has 132 valence electrons. The average molecular weight is 341 g/mol. The Morgan fingerprint density at radius 1 is 1.08 bits per heavy atom. The van der Waals surface area contributed by atoms with E-state index in [0.717, 1.165) is 16.9 Å². The van der Waals surface area contributed by atoms with Gasteiger partial charge in [0.15, 0.2) is 0 Å². The Kier molecular flexibility index (Phi) is 6.39. The average Bonchev–Trinajstić information content (AvgIpc) is 2.62. The van der Waals surface area contributed by atoms with E-state index < -0.39 is 0 Å². The lowest BCUT2D eigenvalue weighted by molar-refractivity contribution is 0.0955. The Balaban J connectivity index is 1.94. The Morgan fingerprint density at radius 2 is 1.88 bits per heavy atom. The van der Waals surface area contributed by atoms with Crippen LogP contribution < -0.4 is 20.7 Å². The molecule has 0 saturated carbocycles. The van der Waals surface area contributed by atoms with Crippen LogP contribution >= 0.6 is 0 Å². The van der Waals surface area contributed by atoms with Crippen molar-refractivity contribution in [3.05, 3.63) is 59.2 Å². The fourth-order valence-corrected chi connectivity index (χ4v) is 2.34. The Morgan fingerprint density at radius 3 is 2.56 bits per heavy atom. The first kappa shape index (κ1) is 18.3. The van der Waals surface area contributed by atoms with Gasteiger partial charge in [-0.3, -0.25) is 4.79 Å². The first-order valence-electron chi connectivity index (χ1n) is 8.10. The number of amides is 3. The van der Waals surface area contributed by atoms with Crippen molar-refractivity contribution in [2.75, 3.05) is 19.0 Å². The summed E-state index contributed by atoms with van der Waals surface area (Å²) in [7, 11) is 1.60. The fourth-order valence-electron chi connectivity index (χ4n) is 2.34. The zero-order chi connectivity index (χ0) is 18.2. The summed E-state index contributed by atoms with van der Waals surface area (Å²) in [5.74, 6) is 0.621. The summed E-state index contributed by atoms with van der Waals surface area (Å²) in [5.41, 5.74) is 3.00. The van der Waals surface area contributed by atoms with Gasteiger partial charge in [-0.1, -0.05) is 12.1 Å². The van der Waals surface area contributed by atoms with Crippen LogP contribution in [0.2, 0.25) is 0 Å². The molecular formula is C19H23N3O3. The van der Waals surface area contributed by atoms with E-state index in [4.69, 9.17) is 4.74 Å². The van der Waals surface area contributed by atoms with Crippen molar-refractivity contribution in [3.63, 3.8) is 0 Å². The van der Waals surface area contributed by atoms with E-state index in [1.807, 2.05) is 38.1 Å². The Labute approximate surface area is 147 Å². The second kappa shape index (κ2) is 8.73. The molecule has 6 nitrogen and oxygen atoms in total. The van der Waals surface area contributed by atoms with Gasteiger partial charge in [-0.15, -0.1) is 0 Å². The molecule has 2 aromatic carbocycles. The van der Waals surface area contributed by atoms with Crippen LogP contribution in [-0.4, -0.2) is 25.6 Å². The third-order valence-corrected chi connectivity index (χ3v) is 3.66. The molecule has 6 heteroatoms. The van der Waals surface area contributed by atoms with E-state index >= 15 is 0 Å². The van der Waals surface area contributed by atoms with Crippen LogP contribution in [0, 0.1) is 6.92 Å². The lowest BCUT2D eigenvalue weighted by Gasteiger charge is -2.12. The number of carbonyl (C=O) groups is 2. The molecule has 0 spiro atoms. The topological polar surface area (TPSA) is 79.5 Å². The summed E-state index contributed by atoms with van der Waals surface area (Å²) in [5, 5.41) is 8.34. The number of nitrogens with one attached hydrogen (secondary N) is 3. The molecule has 3 N–H and O–H groups in total. The van der Waals surface area contributed by atoms with Crippen molar-refractivity contribution in [2.24, 2.45) is 0 Å². The van der Waals surface area contributed by atoms with Crippen molar-refractivity contribution in [1.29, 1.82) is 0 Å². The fraction of sp³-hybridized carbons (Fsp3) is 0.263. The predicted molar refractivity (Wildman–Crippen MR) is 98.0 cm³/mol. The van der Waals surface area contributed by atoms with Gasteiger partial charge >= 0.3 is 6.03 Å². The molecule has 0 atom stereocenters. The maximum Gasteiger partial charge on any atom is 0.319 e. The van der Waals surface area contributed by atoms with Gasteiger partial charge < -0.3 is 20.7 Å². The van der Waals surface area contributed by atoms with Crippen LogP contribution in [0.25, 0.3) is 0 Å². The van der Waals surface area contributed by atoms with E-state index in [1.54, 1.807) is 25.3 Å². The summed E-state index contributed by atoms with van der Waals surface area (Å²) >= 11 is 0. The van der Waals surface area contributed by atoms with Crippen LogP contribution in [-0.2, 0) is 6.54 Å².